The smallest absolute Gasteiger partial charge is 0.481 e. The molecule has 0 radical (unpaired) electrons. The number of amides is 4. The van der Waals surface area contributed by atoms with Gasteiger partial charge >= 0.3 is 19.1 Å². The standard InChI is InChI=1S/C40H50N4O4S.C26H27BrN4O4S.C20H35BO2/c1-5-25-6-10-27(11-7-25)28-14-16-29(17-15-28)31-21-41-36(42-22-31)30-12-8-26(9-13-30)20-33(38(46)44-23-32(24-44)39(47)48)43-37(45)34-18-19-35(49-34)40(2,3)4;1-26(2,3)21-9-8-20(36-21)23(32)30-19(24(33)31-13-17(14-31)25(34)35)10-15-4-6-16(7-5-15)22-28-11-18(27)12-29-22;1-6-15-7-9-16(10-8-15)17-11-13-18(14-12-17)21-22-19(2,3)20(4,5)23-21/h8-9,12-13,16,18-19,21-22,25,27-28,32-33H,5-7,10-11,14-15,17,20,23-24H2,1-4H3,(H,43,45)(H,47,48);4-9,11-12,17,19H,10,13-14H2,1-3H3,(H,30,32)(H,34,35);13,15-17H,6-12,14H2,1-5H3/t25?,27?,28?,33-;19-;/m00./s1. The summed E-state index contributed by atoms with van der Waals surface area (Å²) in [4.78, 5) is 100.0. The van der Waals surface area contributed by atoms with Gasteiger partial charge in [0.2, 0.25) is 11.8 Å². The minimum absolute atomic E-state index is 0.0812. The third-order valence-corrected chi connectivity index (χ3v) is 27.6. The number of aromatic nitrogens is 4. The van der Waals surface area contributed by atoms with Crippen molar-refractivity contribution in [3.8, 4) is 22.8 Å². The number of carboxylic acids is 2. The predicted octanol–water partition coefficient (Wildman–Crippen LogP) is 17.5. The molecule has 2 aromatic carbocycles. The number of thiophene rings is 2. The summed E-state index contributed by atoms with van der Waals surface area (Å²) in [6.45, 7) is 26.4. The number of rotatable bonds is 20. The molecule has 0 bridgehead atoms. The molecule has 22 heteroatoms. The van der Waals surface area contributed by atoms with Gasteiger partial charge in [-0.25, -0.2) is 19.9 Å². The zero-order valence-corrected chi connectivity index (χ0v) is 68.6. The topological polar surface area (TPSA) is 243 Å². The van der Waals surface area contributed by atoms with E-state index in [4.69, 9.17) is 19.3 Å². The highest BCUT2D eigenvalue weighted by Crippen LogP contribution is 2.46. The lowest BCUT2D eigenvalue weighted by molar-refractivity contribution is -0.155. The average Bonchev–Trinajstić information content (AvgIpc) is 1.62. The lowest BCUT2D eigenvalue weighted by Crippen LogP contribution is -2.59. The molecule has 18 nitrogen and oxygen atoms in total. The van der Waals surface area contributed by atoms with E-state index in [0.717, 1.165) is 96.8 Å². The van der Waals surface area contributed by atoms with E-state index < -0.39 is 35.9 Å². The van der Waals surface area contributed by atoms with Gasteiger partial charge in [-0.3, -0.25) is 28.8 Å². The molecule has 0 spiro atoms. The molecule has 578 valence electrons. The molecule has 5 fully saturated rings. The number of hydrogen-bond acceptors (Lipinski definition) is 14. The van der Waals surface area contributed by atoms with Gasteiger partial charge in [0, 0.05) is 90.3 Å². The van der Waals surface area contributed by atoms with Gasteiger partial charge in [0.05, 0.1) is 37.3 Å². The quantitative estimate of drug-likeness (QED) is 0.0520. The lowest BCUT2D eigenvalue weighted by atomic mass is 9.66. The van der Waals surface area contributed by atoms with E-state index in [2.05, 4.69) is 132 Å². The highest BCUT2D eigenvalue weighted by Gasteiger charge is 2.53. The number of nitrogens with one attached hydrogen (secondary N) is 2. The van der Waals surface area contributed by atoms with Crippen molar-refractivity contribution in [2.45, 2.75) is 233 Å². The van der Waals surface area contributed by atoms with E-state index in [-0.39, 0.29) is 91.8 Å². The number of benzene rings is 2. The van der Waals surface area contributed by atoms with Crippen LogP contribution < -0.4 is 10.6 Å². The first-order chi connectivity index (χ1) is 51.3. The molecule has 4 aromatic heterocycles. The molecule has 3 aliphatic heterocycles. The van der Waals surface area contributed by atoms with Crippen molar-refractivity contribution in [1.29, 1.82) is 0 Å². The number of carbonyl (C=O) groups excluding carboxylic acids is 4. The normalized spacial score (nSPS) is 22.8. The average molecular weight is 1570 g/mol. The summed E-state index contributed by atoms with van der Waals surface area (Å²) in [7, 11) is -0.114. The van der Waals surface area contributed by atoms with Gasteiger partial charge in [-0.1, -0.05) is 155 Å². The highest BCUT2D eigenvalue weighted by molar-refractivity contribution is 9.10. The van der Waals surface area contributed by atoms with Crippen LogP contribution in [-0.4, -0.2) is 132 Å². The first-order valence-corrected chi connectivity index (χ1v) is 41.8. The van der Waals surface area contributed by atoms with Gasteiger partial charge in [0.1, 0.15) is 12.1 Å². The number of nitrogens with zero attached hydrogens (tertiary/aromatic N) is 6. The monoisotopic (exact) mass is 1570 g/mol. The molecule has 4 amide bonds. The summed E-state index contributed by atoms with van der Waals surface area (Å²) in [5.41, 5.74) is 6.69. The maximum Gasteiger partial charge on any atom is 0.490 e. The van der Waals surface area contributed by atoms with E-state index in [1.54, 1.807) is 24.5 Å². The van der Waals surface area contributed by atoms with Gasteiger partial charge in [-0.05, 0) is 201 Å². The second-order valence-electron chi connectivity index (χ2n) is 34.3. The molecule has 4 atom stereocenters. The predicted molar refractivity (Wildman–Crippen MR) is 432 cm³/mol. The highest BCUT2D eigenvalue weighted by atomic mass is 79.9. The van der Waals surface area contributed by atoms with Crippen LogP contribution in [0.4, 0.5) is 0 Å². The minimum Gasteiger partial charge on any atom is -0.481 e. The van der Waals surface area contributed by atoms with Crippen molar-refractivity contribution in [1.82, 2.24) is 40.4 Å². The van der Waals surface area contributed by atoms with E-state index in [0.29, 0.717) is 21.4 Å². The summed E-state index contributed by atoms with van der Waals surface area (Å²) in [6.07, 6.45) is 34.0. The fourth-order valence-corrected chi connectivity index (χ4v) is 18.1. The van der Waals surface area contributed by atoms with Crippen LogP contribution >= 0.6 is 38.6 Å². The first-order valence-electron chi connectivity index (χ1n) is 39.4. The van der Waals surface area contributed by atoms with Gasteiger partial charge in [-0.15, -0.1) is 22.7 Å². The van der Waals surface area contributed by atoms with E-state index >= 15 is 0 Å². The molecule has 108 heavy (non-hydrogen) atoms. The van der Waals surface area contributed by atoms with Gasteiger partial charge in [-0.2, -0.15) is 0 Å². The number of likely N-dealkylation sites (tertiary alicyclic amines) is 2. The Bertz CT molecular complexity index is 4140. The van der Waals surface area contributed by atoms with Crippen molar-refractivity contribution in [3.05, 3.63) is 156 Å². The molecule has 7 heterocycles. The van der Waals surface area contributed by atoms with E-state index in [9.17, 15) is 39.0 Å². The number of halogens is 1. The molecular formula is C86H112BBrN8O10S2. The number of carboxylic acid groups (broad SMARTS) is 2. The zero-order valence-electron chi connectivity index (χ0n) is 65.3. The summed E-state index contributed by atoms with van der Waals surface area (Å²) in [5.74, 6) is 2.60. The van der Waals surface area contributed by atoms with Crippen molar-refractivity contribution in [3.63, 3.8) is 0 Å². The number of aliphatic carboxylic acids is 2. The Kier molecular flexibility index (Phi) is 26.8. The van der Waals surface area contributed by atoms with Crippen LogP contribution in [0.25, 0.3) is 28.3 Å². The fraction of sp³-hybridized carbons (Fsp3) is 0.558. The molecule has 4 aliphatic carbocycles. The molecule has 3 saturated heterocycles. The second kappa shape index (κ2) is 35.4. The Hall–Kier alpha value is -7.24. The van der Waals surface area contributed by atoms with Crippen LogP contribution in [0.3, 0.4) is 0 Å². The van der Waals surface area contributed by atoms with Gasteiger partial charge < -0.3 is 40.0 Å². The molecule has 2 saturated carbocycles. The van der Waals surface area contributed by atoms with Crippen molar-refractivity contribution in [2.24, 2.45) is 47.3 Å². The number of hydrogen-bond donors (Lipinski definition) is 4. The first kappa shape index (κ1) is 81.7. The zero-order chi connectivity index (χ0) is 77.4. The third-order valence-electron chi connectivity index (χ3n) is 24.1. The third kappa shape index (κ3) is 20.7. The van der Waals surface area contributed by atoms with Crippen molar-refractivity contribution >= 4 is 86.9 Å². The van der Waals surface area contributed by atoms with Gasteiger partial charge in [0.25, 0.3) is 11.8 Å². The van der Waals surface area contributed by atoms with Crippen LogP contribution in [0.15, 0.2) is 120 Å². The Morgan fingerprint density at radius 3 is 1.26 bits per heavy atom. The molecule has 6 aromatic rings. The second-order valence-corrected chi connectivity index (χ2v) is 37.4. The fourth-order valence-electron chi connectivity index (χ4n) is 16.0. The molecular weight excluding hydrogens is 1460 g/mol. The van der Waals surface area contributed by atoms with Crippen molar-refractivity contribution < 1.29 is 48.3 Å². The maximum atomic E-state index is 13.5. The van der Waals surface area contributed by atoms with E-state index in [1.165, 1.54) is 127 Å². The molecule has 4 N–H and O–H groups in total. The van der Waals surface area contributed by atoms with Crippen LogP contribution in [0, 0.1) is 47.3 Å². The summed E-state index contributed by atoms with van der Waals surface area (Å²) >= 11 is 6.16. The maximum absolute atomic E-state index is 13.5. The Balaban J connectivity index is 0.000000172. The van der Waals surface area contributed by atoms with Crippen LogP contribution in [0.2, 0.25) is 0 Å². The Morgan fingerprint density at radius 2 is 0.917 bits per heavy atom. The molecule has 2 unspecified atom stereocenters. The molecule has 7 aliphatic rings. The summed E-state index contributed by atoms with van der Waals surface area (Å²) in [6, 6.07) is 21.1. The van der Waals surface area contributed by atoms with Crippen LogP contribution in [0.5, 0.6) is 0 Å². The number of allylic oxidation sites excluding steroid dienone is 4. The van der Waals surface area contributed by atoms with E-state index in [1.807, 2.05) is 73.1 Å². The van der Waals surface area contributed by atoms with Crippen molar-refractivity contribution in [2.75, 3.05) is 26.2 Å². The Morgan fingerprint density at radius 1 is 0.528 bits per heavy atom. The SMILES string of the molecule is CC(C)(C)c1ccc(C(=O)N[C@@H](Cc2ccc(-c3ncc(Br)cn3)cc2)C(=O)N2CC(C(=O)O)C2)s1.CCC1CCC(C2CC=C(B3OC(C)(C)C(C)(C)O3)CC2)CC1.CCC1CCC(C2CC=C(c3cnc(-c4ccc(C[C@H](NC(=O)c5ccc(C(C)(C)C)s5)C(=O)N5CC(C(=O)O)C5)cc4)nc3)CC2)CC1. The largest absolute Gasteiger partial charge is 0.490 e. The summed E-state index contributed by atoms with van der Waals surface area (Å²) in [5, 5.41) is 24.3. The Labute approximate surface area is 656 Å². The van der Waals surface area contributed by atoms with Gasteiger partial charge in [0.15, 0.2) is 11.6 Å². The number of carbonyl (C=O) groups is 6. The lowest BCUT2D eigenvalue weighted by Gasteiger charge is -2.38. The molecule has 13 rings (SSSR count). The summed E-state index contributed by atoms with van der Waals surface area (Å²) < 4.78 is 13.2. The minimum atomic E-state index is -0.918. The van der Waals surface area contributed by atoms with Crippen LogP contribution in [-0.2, 0) is 52.2 Å². The van der Waals surface area contributed by atoms with Crippen LogP contribution in [0.1, 0.15) is 232 Å².